The summed E-state index contributed by atoms with van der Waals surface area (Å²) in [6.45, 7) is 3.97. The maximum Gasteiger partial charge on any atom is 0.274 e. The maximum atomic E-state index is 12.8. The number of fused-ring (bicyclic) bond motifs is 1. The summed E-state index contributed by atoms with van der Waals surface area (Å²) < 4.78 is 0. The van der Waals surface area contributed by atoms with Crippen LogP contribution in [-0.4, -0.2) is 47.2 Å². The first kappa shape index (κ1) is 13.8. The van der Waals surface area contributed by atoms with Gasteiger partial charge in [-0.3, -0.25) is 9.89 Å². The van der Waals surface area contributed by atoms with Crippen LogP contribution in [0.15, 0.2) is 24.3 Å². The minimum Gasteiger partial charge on any atom is -0.337 e. The summed E-state index contributed by atoms with van der Waals surface area (Å²) in [7, 11) is 0. The molecule has 3 heterocycles. The molecule has 2 aromatic rings. The van der Waals surface area contributed by atoms with Crippen LogP contribution in [0.3, 0.4) is 0 Å². The number of rotatable bonds is 1. The fourth-order valence-corrected chi connectivity index (χ4v) is 3.92. The van der Waals surface area contributed by atoms with Crippen molar-refractivity contribution in [3.05, 3.63) is 30.0 Å². The predicted molar refractivity (Wildman–Crippen MR) is 85.8 cm³/mol. The lowest BCUT2D eigenvalue weighted by molar-refractivity contribution is 0.0492. The van der Waals surface area contributed by atoms with E-state index in [0.29, 0.717) is 11.1 Å². The zero-order chi connectivity index (χ0) is 15.0. The van der Waals surface area contributed by atoms with Gasteiger partial charge in [0.2, 0.25) is 0 Å². The van der Waals surface area contributed by atoms with Gasteiger partial charge in [-0.25, -0.2) is 0 Å². The van der Waals surface area contributed by atoms with E-state index in [9.17, 15) is 4.79 Å². The molecule has 0 saturated carbocycles. The smallest absolute Gasteiger partial charge is 0.274 e. The predicted octanol–water partition coefficient (Wildman–Crippen LogP) is 2.17. The number of H-pyrrole nitrogens is 1. The largest absolute Gasteiger partial charge is 0.337 e. The molecule has 1 spiro atoms. The lowest BCUT2D eigenvalue weighted by Crippen LogP contribution is -2.47. The second-order valence-corrected chi connectivity index (χ2v) is 6.66. The maximum absolute atomic E-state index is 12.8. The number of likely N-dealkylation sites (tertiary alicyclic amines) is 1. The second-order valence-electron chi connectivity index (χ2n) is 6.66. The molecule has 1 aromatic heterocycles. The summed E-state index contributed by atoms with van der Waals surface area (Å²) in [5.41, 5.74) is 1.96. The molecular weight excluding hydrogens is 276 g/mol. The third-order valence-electron chi connectivity index (χ3n) is 5.45. The number of benzene rings is 1. The Balaban J connectivity index is 1.50. The fourth-order valence-electron chi connectivity index (χ4n) is 3.92. The van der Waals surface area contributed by atoms with Crippen LogP contribution in [0.4, 0.5) is 0 Å². The van der Waals surface area contributed by atoms with Gasteiger partial charge in [-0.2, -0.15) is 5.10 Å². The molecule has 0 aliphatic carbocycles. The number of nitrogens with one attached hydrogen (secondary N) is 2. The van der Waals surface area contributed by atoms with Gasteiger partial charge in [-0.05, 0) is 50.3 Å². The fraction of sp³-hybridized carbons (Fsp3) is 0.529. The van der Waals surface area contributed by atoms with Crippen LogP contribution in [-0.2, 0) is 0 Å². The Morgan fingerprint density at radius 1 is 1.09 bits per heavy atom. The highest BCUT2D eigenvalue weighted by Gasteiger charge is 2.37. The molecule has 1 amide bonds. The van der Waals surface area contributed by atoms with Crippen molar-refractivity contribution in [1.29, 1.82) is 0 Å². The van der Waals surface area contributed by atoms with Crippen molar-refractivity contribution in [3.63, 3.8) is 0 Å². The SMILES string of the molecule is O=C(c1n[nH]c2ccccc12)N1CCC2(CCNCC2)CC1. The monoisotopic (exact) mass is 298 g/mol. The molecule has 0 radical (unpaired) electrons. The van der Waals surface area contributed by atoms with E-state index in [1.54, 1.807) is 0 Å². The summed E-state index contributed by atoms with van der Waals surface area (Å²) in [5.74, 6) is 0.0706. The van der Waals surface area contributed by atoms with Crippen LogP contribution in [0.25, 0.3) is 10.9 Å². The average Bonchev–Trinajstić information content (AvgIpc) is 3.00. The molecule has 116 valence electrons. The quantitative estimate of drug-likeness (QED) is 0.848. The number of aromatic nitrogens is 2. The van der Waals surface area contributed by atoms with Crippen LogP contribution in [0, 0.1) is 5.41 Å². The number of hydrogen-bond donors (Lipinski definition) is 2. The first-order valence-corrected chi connectivity index (χ1v) is 8.21. The zero-order valence-electron chi connectivity index (χ0n) is 12.8. The minimum atomic E-state index is 0.0706. The normalized spacial score (nSPS) is 21.4. The van der Waals surface area contributed by atoms with Crippen molar-refractivity contribution in [2.75, 3.05) is 26.2 Å². The van der Waals surface area contributed by atoms with Crippen molar-refractivity contribution in [2.24, 2.45) is 5.41 Å². The van der Waals surface area contributed by atoms with Crippen LogP contribution in [0.2, 0.25) is 0 Å². The van der Waals surface area contributed by atoms with Crippen molar-refractivity contribution < 1.29 is 4.79 Å². The van der Waals surface area contributed by atoms with E-state index in [1.165, 1.54) is 12.8 Å². The lowest BCUT2D eigenvalue weighted by Gasteiger charge is -2.44. The van der Waals surface area contributed by atoms with Crippen LogP contribution in [0.5, 0.6) is 0 Å². The molecule has 2 saturated heterocycles. The molecule has 4 rings (SSSR count). The van der Waals surface area contributed by atoms with Gasteiger partial charge in [0, 0.05) is 18.5 Å². The number of para-hydroxylation sites is 1. The van der Waals surface area contributed by atoms with E-state index < -0.39 is 0 Å². The number of carbonyl (C=O) groups is 1. The van der Waals surface area contributed by atoms with E-state index in [0.717, 1.165) is 49.9 Å². The Hall–Kier alpha value is -1.88. The molecule has 0 unspecified atom stereocenters. The first-order valence-electron chi connectivity index (χ1n) is 8.21. The Morgan fingerprint density at radius 2 is 1.82 bits per heavy atom. The van der Waals surface area contributed by atoms with E-state index in [-0.39, 0.29) is 5.91 Å². The Morgan fingerprint density at radius 3 is 2.59 bits per heavy atom. The van der Waals surface area contributed by atoms with Gasteiger partial charge < -0.3 is 10.2 Å². The van der Waals surface area contributed by atoms with E-state index in [2.05, 4.69) is 15.5 Å². The van der Waals surface area contributed by atoms with E-state index in [4.69, 9.17) is 0 Å². The summed E-state index contributed by atoms with van der Waals surface area (Å²) in [4.78, 5) is 14.8. The number of hydrogen-bond acceptors (Lipinski definition) is 3. The van der Waals surface area contributed by atoms with Crippen LogP contribution in [0.1, 0.15) is 36.2 Å². The zero-order valence-corrected chi connectivity index (χ0v) is 12.8. The topological polar surface area (TPSA) is 61.0 Å². The molecule has 1 aromatic carbocycles. The van der Waals surface area contributed by atoms with Crippen molar-refractivity contribution in [1.82, 2.24) is 20.4 Å². The minimum absolute atomic E-state index is 0.0706. The first-order chi connectivity index (χ1) is 10.8. The molecule has 22 heavy (non-hydrogen) atoms. The molecule has 0 atom stereocenters. The molecular formula is C17H22N4O. The van der Waals surface area contributed by atoms with Crippen LogP contribution >= 0.6 is 0 Å². The number of piperidine rings is 2. The second kappa shape index (κ2) is 5.39. The summed E-state index contributed by atoms with van der Waals surface area (Å²) in [6.07, 6.45) is 4.76. The summed E-state index contributed by atoms with van der Waals surface area (Å²) in [5, 5.41) is 11.6. The van der Waals surface area contributed by atoms with Gasteiger partial charge in [-0.1, -0.05) is 18.2 Å². The van der Waals surface area contributed by atoms with Crippen LogP contribution < -0.4 is 5.32 Å². The van der Waals surface area contributed by atoms with Gasteiger partial charge in [-0.15, -0.1) is 0 Å². The molecule has 2 N–H and O–H groups in total. The van der Waals surface area contributed by atoms with Crippen molar-refractivity contribution in [2.45, 2.75) is 25.7 Å². The highest BCUT2D eigenvalue weighted by atomic mass is 16.2. The van der Waals surface area contributed by atoms with Gasteiger partial charge in [0.1, 0.15) is 0 Å². The average molecular weight is 298 g/mol. The Bertz CT molecular complexity index is 677. The highest BCUT2D eigenvalue weighted by Crippen LogP contribution is 2.39. The number of aromatic amines is 1. The summed E-state index contributed by atoms with van der Waals surface area (Å²) >= 11 is 0. The number of amides is 1. The third-order valence-corrected chi connectivity index (χ3v) is 5.45. The number of carbonyl (C=O) groups excluding carboxylic acids is 1. The van der Waals surface area contributed by atoms with E-state index >= 15 is 0 Å². The molecule has 5 heteroatoms. The Kier molecular flexibility index (Phi) is 3.37. The molecule has 5 nitrogen and oxygen atoms in total. The lowest BCUT2D eigenvalue weighted by atomic mass is 9.71. The standard InChI is InChI=1S/C17H22N4O/c22-16(15-13-3-1-2-4-14(13)19-20-15)21-11-7-17(8-12-21)5-9-18-10-6-17/h1-4,18H,5-12H2,(H,19,20). The Labute approximate surface area is 130 Å². The molecule has 2 aliphatic rings. The number of nitrogens with zero attached hydrogens (tertiary/aromatic N) is 2. The van der Waals surface area contributed by atoms with Gasteiger partial charge >= 0.3 is 0 Å². The van der Waals surface area contributed by atoms with Gasteiger partial charge in [0.15, 0.2) is 5.69 Å². The van der Waals surface area contributed by atoms with Crippen molar-refractivity contribution >= 4 is 16.8 Å². The summed E-state index contributed by atoms with van der Waals surface area (Å²) in [6, 6.07) is 7.83. The van der Waals surface area contributed by atoms with Crippen molar-refractivity contribution in [3.8, 4) is 0 Å². The third kappa shape index (κ3) is 2.29. The van der Waals surface area contributed by atoms with Gasteiger partial charge in [0.05, 0.1) is 5.52 Å². The molecule has 2 aliphatic heterocycles. The highest BCUT2D eigenvalue weighted by molar-refractivity contribution is 6.04. The molecule has 2 fully saturated rings. The van der Waals surface area contributed by atoms with Gasteiger partial charge in [0.25, 0.3) is 5.91 Å². The van der Waals surface area contributed by atoms with E-state index in [1.807, 2.05) is 29.2 Å². The molecule has 0 bridgehead atoms.